The van der Waals surface area contributed by atoms with Crippen molar-refractivity contribution in [2.24, 2.45) is 0 Å². The van der Waals surface area contributed by atoms with Crippen LogP contribution in [0.1, 0.15) is 13.3 Å². The van der Waals surface area contributed by atoms with Crippen LogP contribution in [0.3, 0.4) is 0 Å². The molecule has 4 heteroatoms. The number of nitro benzene ring substituents is 1. The van der Waals surface area contributed by atoms with E-state index < -0.39 is 4.92 Å². The van der Waals surface area contributed by atoms with Crippen molar-refractivity contribution in [1.29, 1.82) is 0 Å². The lowest BCUT2D eigenvalue weighted by Gasteiger charge is -2.05. The predicted molar refractivity (Wildman–Crippen MR) is 58.0 cm³/mol. The smallest absolute Gasteiger partial charge is 0.310 e. The molecule has 0 aromatic heterocycles. The molecule has 0 aliphatic carbocycles. The summed E-state index contributed by atoms with van der Waals surface area (Å²) in [5.41, 5.74) is 0.993. The van der Waals surface area contributed by atoms with E-state index in [1.165, 1.54) is 6.07 Å². The van der Waals surface area contributed by atoms with Crippen LogP contribution in [0.25, 0.3) is 0 Å². The first kappa shape index (κ1) is 11.2. The lowest BCUT2D eigenvalue weighted by Crippen LogP contribution is -2.00. The summed E-state index contributed by atoms with van der Waals surface area (Å²) in [4.78, 5) is 10.2. The summed E-state index contributed by atoms with van der Waals surface area (Å²) in [6.07, 6.45) is 0.700. The topological polar surface area (TPSA) is 52.4 Å². The van der Waals surface area contributed by atoms with Crippen molar-refractivity contribution in [2.75, 3.05) is 6.61 Å². The Morgan fingerprint density at radius 2 is 2.20 bits per heavy atom. The van der Waals surface area contributed by atoms with Gasteiger partial charge in [0.1, 0.15) is 0 Å². The summed E-state index contributed by atoms with van der Waals surface area (Å²) in [6.45, 7) is 6.04. The van der Waals surface area contributed by atoms with Gasteiger partial charge < -0.3 is 4.74 Å². The van der Waals surface area contributed by atoms with E-state index in [-0.39, 0.29) is 5.69 Å². The fraction of sp³-hybridized carbons (Fsp3) is 0.273. The number of ether oxygens (including phenoxy) is 1. The molecule has 4 nitrogen and oxygen atoms in total. The third kappa shape index (κ3) is 3.42. The predicted octanol–water partition coefficient (Wildman–Crippen LogP) is 2.94. The van der Waals surface area contributed by atoms with Gasteiger partial charge in [0, 0.05) is 12.5 Å². The number of hydrogen-bond acceptors (Lipinski definition) is 3. The Labute approximate surface area is 88.3 Å². The fourth-order valence-electron chi connectivity index (χ4n) is 1.07. The lowest BCUT2D eigenvalue weighted by atomic mass is 10.2. The minimum absolute atomic E-state index is 0.000727. The van der Waals surface area contributed by atoms with Crippen molar-refractivity contribution in [2.45, 2.75) is 13.3 Å². The Morgan fingerprint density at radius 3 is 2.80 bits per heavy atom. The fourth-order valence-corrected chi connectivity index (χ4v) is 1.07. The minimum atomic E-state index is -0.448. The highest BCUT2D eigenvalue weighted by Crippen LogP contribution is 2.25. The maximum atomic E-state index is 10.6. The Kier molecular flexibility index (Phi) is 3.85. The average Bonchev–Trinajstić information content (AvgIpc) is 2.17. The van der Waals surface area contributed by atoms with E-state index in [1.807, 2.05) is 6.92 Å². The van der Waals surface area contributed by atoms with E-state index in [0.717, 1.165) is 5.57 Å². The molecule has 1 rings (SSSR count). The van der Waals surface area contributed by atoms with E-state index in [9.17, 15) is 10.1 Å². The third-order valence-electron chi connectivity index (χ3n) is 1.85. The van der Waals surface area contributed by atoms with Gasteiger partial charge in [-0.1, -0.05) is 17.7 Å². The molecule has 0 fully saturated rings. The molecule has 0 N–H and O–H groups in total. The van der Waals surface area contributed by atoms with E-state index in [0.29, 0.717) is 18.8 Å². The molecule has 0 bridgehead atoms. The van der Waals surface area contributed by atoms with Crippen molar-refractivity contribution in [1.82, 2.24) is 0 Å². The lowest BCUT2D eigenvalue weighted by molar-refractivity contribution is -0.385. The molecule has 0 aliphatic heterocycles. The van der Waals surface area contributed by atoms with Crippen molar-refractivity contribution >= 4 is 5.69 Å². The van der Waals surface area contributed by atoms with Crippen molar-refractivity contribution in [3.8, 4) is 5.75 Å². The molecule has 0 spiro atoms. The molecular weight excluding hydrogens is 194 g/mol. The first-order valence-corrected chi connectivity index (χ1v) is 4.62. The van der Waals surface area contributed by atoms with Gasteiger partial charge in [-0.3, -0.25) is 10.1 Å². The van der Waals surface area contributed by atoms with Crippen LogP contribution in [0.2, 0.25) is 0 Å². The highest BCUT2D eigenvalue weighted by atomic mass is 16.6. The normalized spacial score (nSPS) is 9.67. The molecule has 0 unspecified atom stereocenters. The first-order valence-electron chi connectivity index (χ1n) is 4.62. The van der Waals surface area contributed by atoms with Gasteiger partial charge in [0.05, 0.1) is 11.5 Å². The molecule has 0 heterocycles. The van der Waals surface area contributed by atoms with Crippen molar-refractivity contribution in [3.63, 3.8) is 0 Å². The largest absolute Gasteiger partial charge is 0.486 e. The van der Waals surface area contributed by atoms with Crippen molar-refractivity contribution < 1.29 is 9.66 Å². The summed E-state index contributed by atoms with van der Waals surface area (Å²) in [5, 5.41) is 10.6. The van der Waals surface area contributed by atoms with Crippen LogP contribution in [0.5, 0.6) is 5.75 Å². The monoisotopic (exact) mass is 207 g/mol. The molecule has 0 saturated carbocycles. The number of hydrogen-bond donors (Lipinski definition) is 0. The van der Waals surface area contributed by atoms with Gasteiger partial charge in [0.25, 0.3) is 0 Å². The van der Waals surface area contributed by atoms with Crippen LogP contribution >= 0.6 is 0 Å². The van der Waals surface area contributed by atoms with Crippen LogP contribution in [-0.4, -0.2) is 11.5 Å². The Bertz CT molecular complexity index is 374. The van der Waals surface area contributed by atoms with Gasteiger partial charge in [0.15, 0.2) is 5.75 Å². The molecule has 0 atom stereocenters. The summed E-state index contributed by atoms with van der Waals surface area (Å²) >= 11 is 0. The van der Waals surface area contributed by atoms with E-state index in [2.05, 4.69) is 6.58 Å². The Morgan fingerprint density at radius 1 is 1.53 bits per heavy atom. The van der Waals surface area contributed by atoms with Crippen LogP contribution in [0, 0.1) is 10.1 Å². The molecule has 15 heavy (non-hydrogen) atoms. The second-order valence-corrected chi connectivity index (χ2v) is 3.28. The van der Waals surface area contributed by atoms with Gasteiger partial charge in [-0.25, -0.2) is 0 Å². The summed E-state index contributed by atoms with van der Waals surface area (Å²) in [6, 6.07) is 6.35. The van der Waals surface area contributed by atoms with Crippen LogP contribution in [-0.2, 0) is 0 Å². The SMILES string of the molecule is C=C(C)CCOc1ccccc1[N+](=O)[O-]. The number of para-hydroxylation sites is 2. The number of nitro groups is 1. The van der Waals surface area contributed by atoms with Crippen LogP contribution in [0.4, 0.5) is 5.69 Å². The quantitative estimate of drug-likeness (QED) is 0.423. The zero-order chi connectivity index (χ0) is 11.3. The average molecular weight is 207 g/mol. The molecule has 1 aromatic rings. The van der Waals surface area contributed by atoms with Gasteiger partial charge in [-0.15, -0.1) is 6.58 Å². The number of rotatable bonds is 5. The van der Waals surface area contributed by atoms with Gasteiger partial charge in [0.2, 0.25) is 0 Å². The Balaban J connectivity index is 2.67. The van der Waals surface area contributed by atoms with Gasteiger partial charge in [-0.05, 0) is 13.0 Å². The molecule has 0 saturated heterocycles. The van der Waals surface area contributed by atoms with E-state index >= 15 is 0 Å². The van der Waals surface area contributed by atoms with Crippen LogP contribution < -0.4 is 4.74 Å². The van der Waals surface area contributed by atoms with E-state index in [1.54, 1.807) is 18.2 Å². The highest BCUT2D eigenvalue weighted by Gasteiger charge is 2.12. The molecular formula is C11H13NO3. The third-order valence-corrected chi connectivity index (χ3v) is 1.85. The molecule has 0 radical (unpaired) electrons. The molecule has 0 aliphatic rings. The highest BCUT2D eigenvalue weighted by molar-refractivity contribution is 5.45. The second-order valence-electron chi connectivity index (χ2n) is 3.28. The molecule has 1 aromatic carbocycles. The van der Waals surface area contributed by atoms with Crippen LogP contribution in [0.15, 0.2) is 36.4 Å². The second kappa shape index (κ2) is 5.14. The summed E-state index contributed by atoms with van der Waals surface area (Å²) < 4.78 is 5.31. The molecule has 80 valence electrons. The van der Waals surface area contributed by atoms with Gasteiger partial charge in [-0.2, -0.15) is 0 Å². The number of benzene rings is 1. The van der Waals surface area contributed by atoms with Crippen molar-refractivity contribution in [3.05, 3.63) is 46.5 Å². The summed E-state index contributed by atoms with van der Waals surface area (Å²) in [5.74, 6) is 0.309. The maximum Gasteiger partial charge on any atom is 0.310 e. The zero-order valence-corrected chi connectivity index (χ0v) is 8.60. The zero-order valence-electron chi connectivity index (χ0n) is 8.60. The maximum absolute atomic E-state index is 10.6. The van der Waals surface area contributed by atoms with Gasteiger partial charge >= 0.3 is 5.69 Å². The standard InChI is InChI=1S/C11H13NO3/c1-9(2)7-8-15-11-6-4-3-5-10(11)12(13)14/h3-6H,1,7-8H2,2H3. The number of nitrogens with zero attached hydrogens (tertiary/aromatic N) is 1. The first-order chi connectivity index (χ1) is 7.11. The minimum Gasteiger partial charge on any atom is -0.486 e. The van der Waals surface area contributed by atoms with E-state index in [4.69, 9.17) is 4.74 Å². The Hall–Kier alpha value is -1.84. The summed E-state index contributed by atoms with van der Waals surface area (Å²) in [7, 11) is 0. The molecule has 0 amide bonds.